The van der Waals surface area contributed by atoms with Gasteiger partial charge in [-0.3, -0.25) is 4.98 Å². The van der Waals surface area contributed by atoms with Gasteiger partial charge in [0.25, 0.3) is 0 Å². The molecule has 0 spiro atoms. The summed E-state index contributed by atoms with van der Waals surface area (Å²) in [5.74, 6) is 2.73. The molecule has 1 aliphatic heterocycles. The molecule has 45 heavy (non-hydrogen) atoms. The third-order valence-corrected chi connectivity index (χ3v) is 8.82. The summed E-state index contributed by atoms with van der Waals surface area (Å²) in [7, 11) is 0. The van der Waals surface area contributed by atoms with Crippen LogP contribution >= 0.6 is 0 Å². The van der Waals surface area contributed by atoms with Crippen LogP contribution in [0.3, 0.4) is 0 Å². The van der Waals surface area contributed by atoms with Gasteiger partial charge in [-0.25, -0.2) is 0 Å². The first-order valence-electron chi connectivity index (χ1n) is 15.3. The Morgan fingerprint density at radius 3 is 2.07 bits per heavy atom. The normalized spacial score (nSPS) is 13.6. The smallest absolute Gasteiger partial charge is 0.179 e. The van der Waals surface area contributed by atoms with Gasteiger partial charge in [-0.1, -0.05) is 109 Å². The van der Waals surface area contributed by atoms with Crippen molar-refractivity contribution in [2.24, 2.45) is 0 Å². The van der Waals surface area contributed by atoms with Crippen LogP contribution < -0.4 is 9.47 Å². The van der Waals surface area contributed by atoms with Crippen molar-refractivity contribution in [3.63, 3.8) is 0 Å². The highest BCUT2D eigenvalue weighted by Crippen LogP contribution is 2.60. The van der Waals surface area contributed by atoms with Crippen molar-refractivity contribution in [3.05, 3.63) is 180 Å². The van der Waals surface area contributed by atoms with Gasteiger partial charge >= 0.3 is 0 Å². The van der Waals surface area contributed by atoms with Gasteiger partial charge in [0.05, 0.1) is 11.1 Å². The second-order valence-electron chi connectivity index (χ2n) is 11.5. The number of allylic oxidation sites excluding steroid dienone is 2. The lowest BCUT2D eigenvalue weighted by molar-refractivity contribution is 0.360. The Balaban J connectivity index is 1.33. The molecule has 0 saturated carbocycles. The molecule has 0 radical (unpaired) electrons. The minimum absolute atomic E-state index is 0.519. The van der Waals surface area contributed by atoms with E-state index >= 15 is 0 Å². The van der Waals surface area contributed by atoms with Gasteiger partial charge in [0.1, 0.15) is 0 Å². The Morgan fingerprint density at radius 2 is 1.33 bits per heavy atom. The molecule has 6 aromatic rings. The summed E-state index contributed by atoms with van der Waals surface area (Å²) in [5, 5.41) is 0. The third kappa shape index (κ3) is 4.23. The van der Waals surface area contributed by atoms with E-state index in [2.05, 4.69) is 122 Å². The molecule has 3 nitrogen and oxygen atoms in total. The molecule has 5 aromatic carbocycles. The SMILES string of the molecule is C=CCc1cc(/C=C/C)cc(-c2cccc3c2Oc2cc4c(cc2O3)-c2ccccc2C4(c2ccccc2)c2ccccc2)n1. The molecule has 1 aliphatic carbocycles. The molecule has 8 rings (SSSR count). The fourth-order valence-electron chi connectivity index (χ4n) is 7.03. The number of aromatic nitrogens is 1. The molecule has 0 N–H and O–H groups in total. The van der Waals surface area contributed by atoms with Crippen LogP contribution in [-0.2, 0) is 11.8 Å². The van der Waals surface area contributed by atoms with Gasteiger partial charge in [0, 0.05) is 17.7 Å². The number of hydrogen-bond donors (Lipinski definition) is 0. The summed E-state index contributed by atoms with van der Waals surface area (Å²) in [5.41, 5.74) is 10.4. The molecule has 0 saturated heterocycles. The molecule has 216 valence electrons. The average molecular weight is 582 g/mol. The maximum atomic E-state index is 6.85. The molecule has 0 unspecified atom stereocenters. The summed E-state index contributed by atoms with van der Waals surface area (Å²) in [4.78, 5) is 4.99. The number of para-hydroxylation sites is 1. The lowest BCUT2D eigenvalue weighted by atomic mass is 9.67. The maximum Gasteiger partial charge on any atom is 0.179 e. The van der Waals surface area contributed by atoms with Crippen molar-refractivity contribution in [3.8, 4) is 45.4 Å². The van der Waals surface area contributed by atoms with Crippen molar-refractivity contribution < 1.29 is 9.47 Å². The van der Waals surface area contributed by atoms with Crippen molar-refractivity contribution in [1.82, 2.24) is 4.98 Å². The molecular weight excluding hydrogens is 550 g/mol. The van der Waals surface area contributed by atoms with E-state index in [0.717, 1.165) is 28.1 Å². The Hall–Kier alpha value is -5.67. The fraction of sp³-hybridized carbons (Fsp3) is 0.0714. The standard InChI is InChI=1S/C42H31NO2/c1-3-14-28-24-31(15-4-2)43-37(25-28)33-21-13-23-38-41(33)45-40-27-36-34(26-39(40)44-38)32-20-11-12-22-35(32)42(36,29-16-7-5-8-17-29)30-18-9-6-10-19-30/h3-14,16-27H,2,15H2,1H3/b14-3+. The average Bonchev–Trinajstić information content (AvgIpc) is 3.37. The number of benzene rings is 5. The van der Waals surface area contributed by atoms with E-state index < -0.39 is 5.41 Å². The van der Waals surface area contributed by atoms with Crippen molar-refractivity contribution in [2.75, 3.05) is 0 Å². The van der Waals surface area contributed by atoms with E-state index in [9.17, 15) is 0 Å². The minimum atomic E-state index is -0.519. The molecule has 3 heteroatoms. The fourth-order valence-corrected chi connectivity index (χ4v) is 7.03. The number of pyridine rings is 1. The molecule has 0 atom stereocenters. The Kier molecular flexibility index (Phi) is 6.46. The highest BCUT2D eigenvalue weighted by Gasteiger charge is 2.47. The Labute approximate surface area is 263 Å². The second-order valence-corrected chi connectivity index (χ2v) is 11.5. The highest BCUT2D eigenvalue weighted by atomic mass is 16.6. The van der Waals surface area contributed by atoms with Crippen molar-refractivity contribution in [2.45, 2.75) is 18.8 Å². The maximum absolute atomic E-state index is 6.85. The lowest BCUT2D eigenvalue weighted by Crippen LogP contribution is -2.28. The lowest BCUT2D eigenvalue weighted by Gasteiger charge is -2.34. The second kappa shape index (κ2) is 10.8. The summed E-state index contributed by atoms with van der Waals surface area (Å²) < 4.78 is 13.5. The van der Waals surface area contributed by atoms with Crippen molar-refractivity contribution in [1.29, 1.82) is 0 Å². The van der Waals surface area contributed by atoms with Gasteiger partial charge < -0.3 is 9.47 Å². The monoisotopic (exact) mass is 581 g/mol. The van der Waals surface area contributed by atoms with Crippen LogP contribution in [0.25, 0.3) is 28.5 Å². The molecule has 1 aromatic heterocycles. The van der Waals surface area contributed by atoms with Crippen LogP contribution in [0.4, 0.5) is 0 Å². The minimum Gasteiger partial charge on any atom is -0.449 e. The third-order valence-electron chi connectivity index (χ3n) is 8.82. The summed E-state index contributed by atoms with van der Waals surface area (Å²) in [6.07, 6.45) is 6.69. The molecule has 2 heterocycles. The highest BCUT2D eigenvalue weighted by molar-refractivity contribution is 5.88. The molecule has 0 fully saturated rings. The quantitative estimate of drug-likeness (QED) is 0.183. The van der Waals surface area contributed by atoms with E-state index in [1.807, 2.05) is 37.3 Å². The predicted octanol–water partition coefficient (Wildman–Crippen LogP) is 10.8. The molecule has 0 bridgehead atoms. The zero-order valence-corrected chi connectivity index (χ0v) is 25.0. The van der Waals surface area contributed by atoms with Crippen LogP contribution in [0.5, 0.6) is 23.0 Å². The first-order valence-corrected chi connectivity index (χ1v) is 15.3. The number of nitrogens with zero attached hydrogens (tertiary/aromatic N) is 1. The van der Waals surface area contributed by atoms with Crippen LogP contribution in [0.1, 0.15) is 40.4 Å². The van der Waals surface area contributed by atoms with E-state index in [0.29, 0.717) is 29.4 Å². The number of rotatable bonds is 6. The van der Waals surface area contributed by atoms with Gasteiger partial charge in [-0.2, -0.15) is 0 Å². The van der Waals surface area contributed by atoms with Crippen molar-refractivity contribution >= 4 is 6.08 Å². The van der Waals surface area contributed by atoms with E-state index in [-0.39, 0.29) is 0 Å². The zero-order valence-electron chi connectivity index (χ0n) is 25.0. The summed E-state index contributed by atoms with van der Waals surface area (Å²) in [6, 6.07) is 44.8. The van der Waals surface area contributed by atoms with Crippen LogP contribution in [0.15, 0.2) is 146 Å². The van der Waals surface area contributed by atoms with Gasteiger partial charge in [0.15, 0.2) is 23.0 Å². The van der Waals surface area contributed by atoms with Crippen LogP contribution in [0.2, 0.25) is 0 Å². The first kappa shape index (κ1) is 26.9. The predicted molar refractivity (Wildman–Crippen MR) is 182 cm³/mol. The number of hydrogen-bond acceptors (Lipinski definition) is 3. The first-order chi connectivity index (χ1) is 22.2. The van der Waals surface area contributed by atoms with Gasteiger partial charge in [-0.15, -0.1) is 6.58 Å². The molecule has 2 aliphatic rings. The van der Waals surface area contributed by atoms with E-state index in [1.165, 1.54) is 27.8 Å². The molecular formula is C42H31NO2. The summed E-state index contributed by atoms with van der Waals surface area (Å²) >= 11 is 0. The molecule has 0 amide bonds. The zero-order chi connectivity index (χ0) is 30.4. The number of ether oxygens (including phenoxy) is 2. The van der Waals surface area contributed by atoms with Crippen LogP contribution in [0, 0.1) is 0 Å². The van der Waals surface area contributed by atoms with Crippen LogP contribution in [-0.4, -0.2) is 4.98 Å². The van der Waals surface area contributed by atoms with E-state index in [4.69, 9.17) is 14.5 Å². The largest absolute Gasteiger partial charge is 0.449 e. The topological polar surface area (TPSA) is 31.4 Å². The number of fused-ring (bicyclic) bond motifs is 5. The van der Waals surface area contributed by atoms with Gasteiger partial charge in [-0.05, 0) is 82.3 Å². The van der Waals surface area contributed by atoms with E-state index in [1.54, 1.807) is 0 Å². The van der Waals surface area contributed by atoms with Gasteiger partial charge in [0.2, 0.25) is 0 Å². The Morgan fingerprint density at radius 1 is 0.644 bits per heavy atom. The summed E-state index contributed by atoms with van der Waals surface area (Å²) in [6.45, 7) is 5.95. The Bertz CT molecular complexity index is 2070.